The lowest BCUT2D eigenvalue weighted by Gasteiger charge is -2.45. The average Bonchev–Trinajstić information content (AvgIpc) is 2.35. The van der Waals surface area contributed by atoms with E-state index in [9.17, 15) is 15.0 Å². The quantitative estimate of drug-likeness (QED) is 0.640. The molecule has 0 aliphatic heterocycles. The lowest BCUT2D eigenvalue weighted by atomic mass is 9.62. The standard InChI is InChI=1S/C16H24N2O4/c1-15(2,3)22-14(21)18-10-4-5-13(20)12(6-10)16(9-17)7-11(19)8-16/h4-6,11,19-20H,7-9,17H2,1-3H3,(H,18,21). The van der Waals surface area contributed by atoms with Crippen LogP contribution in [0.25, 0.3) is 0 Å². The van der Waals surface area contributed by atoms with Crippen molar-refractivity contribution in [1.29, 1.82) is 0 Å². The second kappa shape index (κ2) is 5.78. The molecule has 1 aliphatic rings. The number of aromatic hydroxyl groups is 1. The smallest absolute Gasteiger partial charge is 0.412 e. The van der Waals surface area contributed by atoms with Crippen LogP contribution in [-0.2, 0) is 10.2 Å². The summed E-state index contributed by atoms with van der Waals surface area (Å²) in [6.45, 7) is 5.68. The van der Waals surface area contributed by atoms with Gasteiger partial charge in [-0.05, 0) is 51.8 Å². The van der Waals surface area contributed by atoms with Crippen molar-refractivity contribution in [2.45, 2.75) is 50.7 Å². The van der Waals surface area contributed by atoms with Gasteiger partial charge in [0.1, 0.15) is 11.4 Å². The molecule has 0 aromatic heterocycles. The molecule has 0 heterocycles. The zero-order valence-corrected chi connectivity index (χ0v) is 13.2. The molecule has 6 heteroatoms. The van der Waals surface area contributed by atoms with Crippen molar-refractivity contribution in [2.75, 3.05) is 11.9 Å². The number of nitrogens with two attached hydrogens (primary N) is 1. The Morgan fingerprint density at radius 2 is 2.09 bits per heavy atom. The van der Waals surface area contributed by atoms with Crippen molar-refractivity contribution in [3.63, 3.8) is 0 Å². The van der Waals surface area contributed by atoms with Gasteiger partial charge in [0.15, 0.2) is 0 Å². The number of phenolic OH excluding ortho intramolecular Hbond substituents is 1. The van der Waals surface area contributed by atoms with E-state index in [2.05, 4.69) is 5.32 Å². The molecule has 6 nitrogen and oxygen atoms in total. The van der Waals surface area contributed by atoms with E-state index in [4.69, 9.17) is 10.5 Å². The SMILES string of the molecule is CC(C)(C)OC(=O)Nc1ccc(O)c(C2(CN)CC(O)C2)c1. The fourth-order valence-electron chi connectivity index (χ4n) is 2.80. The van der Waals surface area contributed by atoms with Crippen LogP contribution >= 0.6 is 0 Å². The van der Waals surface area contributed by atoms with Crippen LogP contribution in [-0.4, -0.2) is 34.6 Å². The largest absolute Gasteiger partial charge is 0.508 e. The zero-order valence-electron chi connectivity index (χ0n) is 13.2. The van der Waals surface area contributed by atoms with Crippen LogP contribution in [0.2, 0.25) is 0 Å². The summed E-state index contributed by atoms with van der Waals surface area (Å²) in [5.74, 6) is 0.118. The predicted octanol–water partition coefficient (Wildman–Crippen LogP) is 2.09. The molecular formula is C16H24N2O4. The first kappa shape index (κ1) is 16.6. The Bertz CT molecular complexity index is 560. The number of hydrogen-bond acceptors (Lipinski definition) is 5. The number of phenols is 1. The molecule has 0 spiro atoms. The fraction of sp³-hybridized carbons (Fsp3) is 0.562. The Morgan fingerprint density at radius 3 is 2.59 bits per heavy atom. The van der Waals surface area contributed by atoms with E-state index in [1.54, 1.807) is 32.9 Å². The minimum absolute atomic E-state index is 0.118. The number of anilines is 1. The Labute approximate surface area is 130 Å². The lowest BCUT2D eigenvalue weighted by molar-refractivity contribution is 0.0211. The summed E-state index contributed by atoms with van der Waals surface area (Å²) >= 11 is 0. The molecule has 0 unspecified atom stereocenters. The van der Waals surface area contributed by atoms with Gasteiger partial charge >= 0.3 is 6.09 Å². The number of hydrogen-bond donors (Lipinski definition) is 4. The molecule has 1 aromatic carbocycles. The Morgan fingerprint density at radius 1 is 1.45 bits per heavy atom. The lowest BCUT2D eigenvalue weighted by Crippen LogP contribution is -2.49. The minimum Gasteiger partial charge on any atom is -0.508 e. The third-order valence-corrected chi connectivity index (χ3v) is 3.86. The van der Waals surface area contributed by atoms with E-state index >= 15 is 0 Å². The van der Waals surface area contributed by atoms with Gasteiger partial charge in [0.05, 0.1) is 6.10 Å². The molecule has 0 atom stereocenters. The number of carbonyl (C=O) groups excluding carboxylic acids is 1. The van der Waals surface area contributed by atoms with Crippen LogP contribution < -0.4 is 11.1 Å². The molecule has 122 valence electrons. The fourth-order valence-corrected chi connectivity index (χ4v) is 2.80. The van der Waals surface area contributed by atoms with E-state index in [1.165, 1.54) is 6.07 Å². The molecule has 1 aromatic rings. The number of aliphatic hydroxyl groups excluding tert-OH is 1. The summed E-state index contributed by atoms with van der Waals surface area (Å²) in [6, 6.07) is 4.81. The highest BCUT2D eigenvalue weighted by Crippen LogP contribution is 2.47. The van der Waals surface area contributed by atoms with E-state index in [-0.39, 0.29) is 5.75 Å². The first-order chi connectivity index (χ1) is 10.1. The molecule has 0 radical (unpaired) electrons. The van der Waals surface area contributed by atoms with Gasteiger partial charge in [0.25, 0.3) is 0 Å². The maximum absolute atomic E-state index is 11.8. The van der Waals surface area contributed by atoms with Crippen molar-refractivity contribution in [2.24, 2.45) is 5.73 Å². The highest BCUT2D eigenvalue weighted by molar-refractivity contribution is 5.85. The van der Waals surface area contributed by atoms with E-state index in [0.717, 1.165) is 0 Å². The Kier molecular flexibility index (Phi) is 4.35. The summed E-state index contributed by atoms with van der Waals surface area (Å²) in [7, 11) is 0. The molecule has 1 amide bonds. The van der Waals surface area contributed by atoms with Crippen LogP contribution in [0.15, 0.2) is 18.2 Å². The molecule has 0 bridgehead atoms. The van der Waals surface area contributed by atoms with Gasteiger partial charge in [-0.2, -0.15) is 0 Å². The monoisotopic (exact) mass is 308 g/mol. The van der Waals surface area contributed by atoms with Gasteiger partial charge in [-0.15, -0.1) is 0 Å². The Hall–Kier alpha value is -1.79. The van der Waals surface area contributed by atoms with Crippen molar-refractivity contribution >= 4 is 11.8 Å². The van der Waals surface area contributed by atoms with Gasteiger partial charge in [0, 0.05) is 23.2 Å². The van der Waals surface area contributed by atoms with Gasteiger partial charge in [0.2, 0.25) is 0 Å². The van der Waals surface area contributed by atoms with Crippen LogP contribution in [0.5, 0.6) is 5.75 Å². The summed E-state index contributed by atoms with van der Waals surface area (Å²) in [5.41, 5.74) is 5.99. The third-order valence-electron chi connectivity index (χ3n) is 3.86. The number of amides is 1. The molecule has 1 saturated carbocycles. The normalized spacial score (nSPS) is 24.5. The molecular weight excluding hydrogens is 284 g/mol. The van der Waals surface area contributed by atoms with Crippen LogP contribution in [0.1, 0.15) is 39.2 Å². The van der Waals surface area contributed by atoms with Crippen molar-refractivity contribution in [3.05, 3.63) is 23.8 Å². The number of rotatable bonds is 3. The van der Waals surface area contributed by atoms with Gasteiger partial charge in [-0.3, -0.25) is 5.32 Å². The van der Waals surface area contributed by atoms with Crippen molar-refractivity contribution < 1.29 is 19.7 Å². The predicted molar refractivity (Wildman–Crippen MR) is 83.9 cm³/mol. The maximum atomic E-state index is 11.8. The Balaban J connectivity index is 2.19. The molecule has 22 heavy (non-hydrogen) atoms. The number of ether oxygens (including phenoxy) is 1. The topological polar surface area (TPSA) is 105 Å². The number of benzene rings is 1. The molecule has 2 rings (SSSR count). The maximum Gasteiger partial charge on any atom is 0.412 e. The zero-order chi connectivity index (χ0) is 16.5. The van der Waals surface area contributed by atoms with Gasteiger partial charge in [-0.25, -0.2) is 4.79 Å². The van der Waals surface area contributed by atoms with Gasteiger partial charge in [-0.1, -0.05) is 0 Å². The van der Waals surface area contributed by atoms with Crippen LogP contribution in [0.4, 0.5) is 10.5 Å². The molecule has 0 saturated heterocycles. The van der Waals surface area contributed by atoms with Crippen LogP contribution in [0, 0.1) is 0 Å². The molecule has 5 N–H and O–H groups in total. The van der Waals surface area contributed by atoms with E-state index in [0.29, 0.717) is 30.6 Å². The highest BCUT2D eigenvalue weighted by atomic mass is 16.6. The second-order valence-electron chi connectivity index (χ2n) is 6.91. The van der Waals surface area contributed by atoms with Crippen LogP contribution in [0.3, 0.4) is 0 Å². The van der Waals surface area contributed by atoms with Crippen molar-refractivity contribution in [1.82, 2.24) is 0 Å². The average molecular weight is 308 g/mol. The third kappa shape index (κ3) is 3.51. The summed E-state index contributed by atoms with van der Waals surface area (Å²) in [4.78, 5) is 11.8. The first-order valence-corrected chi connectivity index (χ1v) is 7.37. The highest BCUT2D eigenvalue weighted by Gasteiger charge is 2.45. The number of nitrogens with one attached hydrogen (secondary N) is 1. The molecule has 1 aliphatic carbocycles. The van der Waals surface area contributed by atoms with Gasteiger partial charge < -0.3 is 20.7 Å². The first-order valence-electron chi connectivity index (χ1n) is 7.37. The summed E-state index contributed by atoms with van der Waals surface area (Å²) in [5, 5.41) is 22.3. The summed E-state index contributed by atoms with van der Waals surface area (Å²) in [6.07, 6.45) is 0.0601. The second-order valence-corrected chi connectivity index (χ2v) is 6.91. The van der Waals surface area contributed by atoms with Crippen molar-refractivity contribution in [3.8, 4) is 5.75 Å². The number of aliphatic hydroxyl groups is 1. The summed E-state index contributed by atoms with van der Waals surface area (Å²) < 4.78 is 5.20. The minimum atomic E-state index is -0.583. The van der Waals surface area contributed by atoms with E-state index < -0.39 is 23.2 Å². The van der Waals surface area contributed by atoms with E-state index in [1.807, 2.05) is 0 Å². The molecule has 1 fully saturated rings. The number of carbonyl (C=O) groups is 1.